The molecule has 0 aliphatic rings. The first kappa shape index (κ1) is 19.4. The number of nitrogens with one attached hydrogen (secondary N) is 1. The highest BCUT2D eigenvalue weighted by molar-refractivity contribution is 6.30. The van der Waals surface area contributed by atoms with Crippen LogP contribution in [-0.4, -0.2) is 34.9 Å². The molecule has 3 rings (SSSR count). The van der Waals surface area contributed by atoms with E-state index < -0.39 is 18.5 Å². The first-order valence-corrected chi connectivity index (χ1v) is 8.82. The standard InChI is InChI=1S/C20H18ClN3O4/c1-24-18(11-17(23-24)14-7-9-15(21)10-8-14)22-19(25)12-28-20(26)13-27-16-5-3-2-4-6-16/h2-11H,12-13H2,1H3,(H,22,25). The molecule has 0 saturated heterocycles. The van der Waals surface area contributed by atoms with Crippen LogP contribution in [0.4, 0.5) is 5.82 Å². The van der Waals surface area contributed by atoms with Crippen molar-refractivity contribution in [2.75, 3.05) is 18.5 Å². The average Bonchev–Trinajstić information content (AvgIpc) is 3.06. The molecule has 1 heterocycles. The molecule has 0 unspecified atom stereocenters. The van der Waals surface area contributed by atoms with Gasteiger partial charge in [0.1, 0.15) is 11.6 Å². The number of rotatable bonds is 7. The quantitative estimate of drug-likeness (QED) is 0.616. The molecule has 8 heteroatoms. The molecule has 1 aromatic heterocycles. The highest BCUT2D eigenvalue weighted by atomic mass is 35.5. The molecule has 7 nitrogen and oxygen atoms in total. The van der Waals surface area contributed by atoms with Crippen LogP contribution in [0.2, 0.25) is 5.02 Å². The molecular weight excluding hydrogens is 382 g/mol. The smallest absolute Gasteiger partial charge is 0.344 e. The monoisotopic (exact) mass is 399 g/mol. The van der Waals surface area contributed by atoms with Gasteiger partial charge in [0.25, 0.3) is 5.91 Å². The maximum atomic E-state index is 12.0. The van der Waals surface area contributed by atoms with E-state index in [9.17, 15) is 9.59 Å². The Balaban J connectivity index is 1.49. The van der Waals surface area contributed by atoms with Gasteiger partial charge < -0.3 is 14.8 Å². The third kappa shape index (κ3) is 5.34. The Labute approximate surface area is 166 Å². The largest absolute Gasteiger partial charge is 0.482 e. The Hall–Kier alpha value is -3.32. The van der Waals surface area contributed by atoms with Crippen molar-refractivity contribution in [1.29, 1.82) is 0 Å². The van der Waals surface area contributed by atoms with Gasteiger partial charge in [-0.1, -0.05) is 41.9 Å². The molecule has 0 fully saturated rings. The van der Waals surface area contributed by atoms with Crippen LogP contribution in [0, 0.1) is 0 Å². The van der Waals surface area contributed by atoms with Crippen molar-refractivity contribution >= 4 is 29.3 Å². The summed E-state index contributed by atoms with van der Waals surface area (Å²) < 4.78 is 11.7. The molecule has 3 aromatic rings. The van der Waals surface area contributed by atoms with E-state index in [4.69, 9.17) is 21.1 Å². The second-order valence-electron chi connectivity index (χ2n) is 5.86. The summed E-state index contributed by atoms with van der Waals surface area (Å²) in [6.45, 7) is -0.692. The summed E-state index contributed by atoms with van der Waals surface area (Å²) in [5.74, 6) is -0.0790. The number of anilines is 1. The molecule has 28 heavy (non-hydrogen) atoms. The fourth-order valence-corrected chi connectivity index (χ4v) is 2.50. The lowest BCUT2D eigenvalue weighted by molar-refractivity contribution is -0.149. The molecule has 1 N–H and O–H groups in total. The minimum atomic E-state index is -0.633. The van der Waals surface area contributed by atoms with Crippen molar-refractivity contribution in [2.24, 2.45) is 7.05 Å². The van der Waals surface area contributed by atoms with E-state index in [1.807, 2.05) is 18.2 Å². The summed E-state index contributed by atoms with van der Waals surface area (Å²) in [7, 11) is 1.70. The average molecular weight is 400 g/mol. The number of para-hydroxylation sites is 1. The van der Waals surface area contributed by atoms with Crippen LogP contribution in [-0.2, 0) is 21.4 Å². The number of esters is 1. The van der Waals surface area contributed by atoms with Crippen molar-refractivity contribution in [1.82, 2.24) is 9.78 Å². The SMILES string of the molecule is Cn1nc(-c2ccc(Cl)cc2)cc1NC(=O)COC(=O)COc1ccccc1. The van der Waals surface area contributed by atoms with Gasteiger partial charge in [0.2, 0.25) is 0 Å². The van der Waals surface area contributed by atoms with Gasteiger partial charge in [-0.3, -0.25) is 9.48 Å². The predicted molar refractivity (Wildman–Crippen MR) is 105 cm³/mol. The normalized spacial score (nSPS) is 10.4. The van der Waals surface area contributed by atoms with E-state index in [0.717, 1.165) is 5.56 Å². The number of ether oxygens (including phenoxy) is 2. The second kappa shape index (κ2) is 9.05. The molecular formula is C20H18ClN3O4. The summed E-state index contributed by atoms with van der Waals surface area (Å²) in [6.07, 6.45) is 0. The van der Waals surface area contributed by atoms with Crippen LogP contribution in [0.1, 0.15) is 0 Å². The zero-order chi connectivity index (χ0) is 19.9. The number of hydrogen-bond donors (Lipinski definition) is 1. The number of hydrogen-bond acceptors (Lipinski definition) is 5. The van der Waals surface area contributed by atoms with Crippen molar-refractivity contribution in [3.63, 3.8) is 0 Å². The Bertz CT molecular complexity index is 955. The molecule has 0 radical (unpaired) electrons. The Morgan fingerprint density at radius 2 is 1.79 bits per heavy atom. The number of benzene rings is 2. The van der Waals surface area contributed by atoms with Gasteiger partial charge in [-0.15, -0.1) is 0 Å². The fraction of sp³-hybridized carbons (Fsp3) is 0.150. The minimum absolute atomic E-state index is 0.274. The lowest BCUT2D eigenvalue weighted by Gasteiger charge is -2.07. The van der Waals surface area contributed by atoms with E-state index in [1.54, 1.807) is 49.5 Å². The van der Waals surface area contributed by atoms with E-state index in [-0.39, 0.29) is 6.61 Å². The van der Waals surface area contributed by atoms with Crippen LogP contribution >= 0.6 is 11.6 Å². The zero-order valence-corrected chi connectivity index (χ0v) is 15.8. The number of carbonyl (C=O) groups excluding carboxylic acids is 2. The first-order chi connectivity index (χ1) is 13.5. The van der Waals surface area contributed by atoms with Gasteiger partial charge in [-0.05, 0) is 24.3 Å². The third-order valence-corrected chi connectivity index (χ3v) is 4.00. The van der Waals surface area contributed by atoms with Gasteiger partial charge in [0, 0.05) is 23.7 Å². The molecule has 144 valence electrons. The Morgan fingerprint density at radius 3 is 2.50 bits per heavy atom. The topological polar surface area (TPSA) is 82.5 Å². The van der Waals surface area contributed by atoms with Crippen LogP contribution in [0.25, 0.3) is 11.3 Å². The molecule has 2 aromatic carbocycles. The number of aromatic nitrogens is 2. The van der Waals surface area contributed by atoms with E-state index in [1.165, 1.54) is 4.68 Å². The predicted octanol–water partition coefficient (Wildman–Crippen LogP) is 3.30. The zero-order valence-electron chi connectivity index (χ0n) is 15.1. The van der Waals surface area contributed by atoms with Crippen molar-refractivity contribution in [2.45, 2.75) is 0 Å². The van der Waals surface area contributed by atoms with Crippen molar-refractivity contribution in [3.8, 4) is 17.0 Å². The van der Waals surface area contributed by atoms with Gasteiger partial charge in [-0.2, -0.15) is 5.10 Å². The van der Waals surface area contributed by atoms with Crippen LogP contribution in [0.5, 0.6) is 5.75 Å². The lowest BCUT2D eigenvalue weighted by atomic mass is 10.1. The third-order valence-electron chi connectivity index (χ3n) is 3.75. The van der Waals surface area contributed by atoms with Gasteiger partial charge >= 0.3 is 5.97 Å². The Morgan fingerprint density at radius 1 is 1.07 bits per heavy atom. The number of aryl methyl sites for hydroxylation is 1. The van der Waals surface area contributed by atoms with E-state index in [2.05, 4.69) is 10.4 Å². The molecule has 0 bridgehead atoms. The summed E-state index contributed by atoms with van der Waals surface area (Å²) in [6, 6.07) is 17.8. The van der Waals surface area contributed by atoms with Crippen LogP contribution < -0.4 is 10.1 Å². The highest BCUT2D eigenvalue weighted by Crippen LogP contribution is 2.23. The van der Waals surface area contributed by atoms with E-state index >= 15 is 0 Å². The number of nitrogens with zero attached hydrogens (tertiary/aromatic N) is 2. The van der Waals surface area contributed by atoms with Crippen LogP contribution in [0.3, 0.4) is 0 Å². The molecule has 0 aliphatic carbocycles. The summed E-state index contributed by atoms with van der Waals surface area (Å²) in [4.78, 5) is 23.7. The lowest BCUT2D eigenvalue weighted by Crippen LogP contribution is -2.24. The summed E-state index contributed by atoms with van der Waals surface area (Å²) in [5.41, 5.74) is 1.55. The number of carbonyl (C=O) groups is 2. The number of amides is 1. The van der Waals surface area contributed by atoms with E-state index in [0.29, 0.717) is 22.3 Å². The minimum Gasteiger partial charge on any atom is -0.482 e. The second-order valence-corrected chi connectivity index (χ2v) is 6.29. The molecule has 0 spiro atoms. The van der Waals surface area contributed by atoms with Crippen molar-refractivity contribution in [3.05, 3.63) is 65.7 Å². The number of halogens is 1. The maximum Gasteiger partial charge on any atom is 0.344 e. The maximum absolute atomic E-state index is 12.0. The first-order valence-electron chi connectivity index (χ1n) is 8.44. The molecule has 1 amide bonds. The molecule has 0 aliphatic heterocycles. The summed E-state index contributed by atoms with van der Waals surface area (Å²) >= 11 is 5.89. The molecule has 0 saturated carbocycles. The van der Waals surface area contributed by atoms with Crippen LogP contribution in [0.15, 0.2) is 60.7 Å². The highest BCUT2D eigenvalue weighted by Gasteiger charge is 2.12. The van der Waals surface area contributed by atoms with Gasteiger partial charge in [0.15, 0.2) is 13.2 Å². The molecule has 0 atom stereocenters. The van der Waals surface area contributed by atoms with Crippen molar-refractivity contribution < 1.29 is 19.1 Å². The Kier molecular flexibility index (Phi) is 6.29. The van der Waals surface area contributed by atoms with Gasteiger partial charge in [0.05, 0.1) is 5.69 Å². The summed E-state index contributed by atoms with van der Waals surface area (Å²) in [5, 5.41) is 7.64. The van der Waals surface area contributed by atoms with Gasteiger partial charge in [-0.25, -0.2) is 4.79 Å². The fourth-order valence-electron chi connectivity index (χ4n) is 2.37.